The van der Waals surface area contributed by atoms with Gasteiger partial charge < -0.3 is 10.8 Å². The molecule has 1 aliphatic carbocycles. The van der Waals surface area contributed by atoms with Crippen molar-refractivity contribution in [1.29, 1.82) is 0 Å². The van der Waals surface area contributed by atoms with E-state index in [1.807, 2.05) is 18.7 Å². The lowest BCUT2D eigenvalue weighted by atomic mass is 9.81. The molecular formula is C10H17N3O. The molecule has 0 bridgehead atoms. The standard InChI is InChI=1S/C10H17N3O/c1-7-9-8(13(2)12-7)4-3-5-10(9,14)6-11/h14H,3-6,11H2,1-2H3. The minimum Gasteiger partial charge on any atom is -0.384 e. The van der Waals surface area contributed by atoms with Crippen LogP contribution in [0, 0.1) is 6.92 Å². The maximum atomic E-state index is 10.3. The van der Waals surface area contributed by atoms with Gasteiger partial charge in [-0.05, 0) is 26.2 Å². The molecule has 0 fully saturated rings. The minimum absolute atomic E-state index is 0.284. The molecule has 1 atom stereocenters. The fourth-order valence-corrected chi connectivity index (χ4v) is 2.48. The van der Waals surface area contributed by atoms with Crippen molar-refractivity contribution < 1.29 is 5.11 Å². The highest BCUT2D eigenvalue weighted by Gasteiger charge is 2.37. The molecule has 0 spiro atoms. The highest BCUT2D eigenvalue weighted by molar-refractivity contribution is 5.34. The Morgan fingerprint density at radius 1 is 1.64 bits per heavy atom. The first-order chi connectivity index (χ1) is 6.58. The van der Waals surface area contributed by atoms with Crippen molar-refractivity contribution in [2.45, 2.75) is 31.8 Å². The van der Waals surface area contributed by atoms with Gasteiger partial charge in [0.25, 0.3) is 0 Å². The fraction of sp³-hybridized carbons (Fsp3) is 0.700. The zero-order chi connectivity index (χ0) is 10.3. The molecular weight excluding hydrogens is 178 g/mol. The van der Waals surface area contributed by atoms with Gasteiger partial charge in [0.2, 0.25) is 0 Å². The van der Waals surface area contributed by atoms with Crippen LogP contribution in [0.15, 0.2) is 0 Å². The molecule has 4 heteroatoms. The van der Waals surface area contributed by atoms with Crippen molar-refractivity contribution in [2.24, 2.45) is 12.8 Å². The maximum absolute atomic E-state index is 10.3. The molecule has 3 N–H and O–H groups in total. The van der Waals surface area contributed by atoms with E-state index in [9.17, 15) is 5.11 Å². The number of fused-ring (bicyclic) bond motifs is 1. The normalized spacial score (nSPS) is 26.3. The van der Waals surface area contributed by atoms with Gasteiger partial charge in [-0.1, -0.05) is 0 Å². The van der Waals surface area contributed by atoms with Crippen LogP contribution >= 0.6 is 0 Å². The van der Waals surface area contributed by atoms with Crippen molar-refractivity contribution in [3.63, 3.8) is 0 Å². The molecule has 0 saturated carbocycles. The van der Waals surface area contributed by atoms with Gasteiger partial charge >= 0.3 is 0 Å². The van der Waals surface area contributed by atoms with Gasteiger partial charge in [-0.2, -0.15) is 5.10 Å². The summed E-state index contributed by atoms with van der Waals surface area (Å²) < 4.78 is 1.87. The van der Waals surface area contributed by atoms with Crippen molar-refractivity contribution in [3.05, 3.63) is 17.0 Å². The topological polar surface area (TPSA) is 64.1 Å². The SMILES string of the molecule is Cc1nn(C)c2c1C(O)(CN)CCC2. The quantitative estimate of drug-likeness (QED) is 0.673. The number of aryl methyl sites for hydroxylation is 2. The zero-order valence-corrected chi connectivity index (χ0v) is 8.75. The summed E-state index contributed by atoms with van der Waals surface area (Å²) in [5, 5.41) is 14.7. The molecule has 1 aliphatic rings. The molecule has 1 unspecified atom stereocenters. The monoisotopic (exact) mass is 195 g/mol. The average molecular weight is 195 g/mol. The zero-order valence-electron chi connectivity index (χ0n) is 8.75. The van der Waals surface area contributed by atoms with Gasteiger partial charge in [-0.15, -0.1) is 0 Å². The molecule has 78 valence electrons. The molecule has 0 aromatic carbocycles. The molecule has 14 heavy (non-hydrogen) atoms. The summed E-state index contributed by atoms with van der Waals surface area (Å²) in [6.45, 7) is 2.22. The summed E-state index contributed by atoms with van der Waals surface area (Å²) in [6, 6.07) is 0. The number of aliphatic hydroxyl groups is 1. The summed E-state index contributed by atoms with van der Waals surface area (Å²) in [5.41, 5.74) is 7.82. The first kappa shape index (κ1) is 9.68. The Labute approximate surface area is 83.7 Å². The summed E-state index contributed by atoms with van der Waals surface area (Å²) in [6.07, 6.45) is 2.73. The Bertz CT molecular complexity index is 358. The van der Waals surface area contributed by atoms with E-state index in [4.69, 9.17) is 5.73 Å². The van der Waals surface area contributed by atoms with Crippen molar-refractivity contribution >= 4 is 0 Å². The molecule has 4 nitrogen and oxygen atoms in total. The van der Waals surface area contributed by atoms with E-state index in [1.165, 1.54) is 0 Å². The Kier molecular flexibility index (Phi) is 2.12. The largest absolute Gasteiger partial charge is 0.384 e. The molecule has 1 heterocycles. The summed E-state index contributed by atoms with van der Waals surface area (Å²) in [4.78, 5) is 0. The number of nitrogens with zero attached hydrogens (tertiary/aromatic N) is 2. The van der Waals surface area contributed by atoms with Gasteiger partial charge in [0, 0.05) is 24.8 Å². The third-order valence-electron chi connectivity index (χ3n) is 3.15. The van der Waals surface area contributed by atoms with Crippen LogP contribution in [0.3, 0.4) is 0 Å². The number of aromatic nitrogens is 2. The van der Waals surface area contributed by atoms with Crippen LogP contribution < -0.4 is 5.73 Å². The number of rotatable bonds is 1. The van der Waals surface area contributed by atoms with Crippen molar-refractivity contribution in [1.82, 2.24) is 9.78 Å². The maximum Gasteiger partial charge on any atom is 0.105 e. The van der Waals surface area contributed by atoms with Crippen LogP contribution in [-0.4, -0.2) is 21.4 Å². The molecule has 2 rings (SSSR count). The second-order valence-corrected chi connectivity index (χ2v) is 4.12. The molecule has 0 saturated heterocycles. The predicted octanol–water partition coefficient (Wildman–Crippen LogP) is 0.211. The lowest BCUT2D eigenvalue weighted by Crippen LogP contribution is -2.38. The molecule has 1 aromatic rings. The minimum atomic E-state index is -0.841. The lowest BCUT2D eigenvalue weighted by molar-refractivity contribution is 0.0269. The predicted molar refractivity (Wildman–Crippen MR) is 53.8 cm³/mol. The Hall–Kier alpha value is -0.870. The fourth-order valence-electron chi connectivity index (χ4n) is 2.48. The van der Waals surface area contributed by atoms with Crippen molar-refractivity contribution in [2.75, 3.05) is 6.54 Å². The van der Waals surface area contributed by atoms with Crippen LogP contribution in [0.5, 0.6) is 0 Å². The van der Waals surface area contributed by atoms with Gasteiger partial charge in [0.1, 0.15) is 5.60 Å². The van der Waals surface area contributed by atoms with Gasteiger partial charge in [0.15, 0.2) is 0 Å². The lowest BCUT2D eigenvalue weighted by Gasteiger charge is -2.31. The van der Waals surface area contributed by atoms with Crippen LogP contribution in [-0.2, 0) is 19.1 Å². The van der Waals surface area contributed by atoms with E-state index in [-0.39, 0.29) is 6.54 Å². The molecule has 1 aromatic heterocycles. The highest BCUT2D eigenvalue weighted by atomic mass is 16.3. The highest BCUT2D eigenvalue weighted by Crippen LogP contribution is 2.36. The first-order valence-electron chi connectivity index (χ1n) is 5.04. The summed E-state index contributed by atoms with van der Waals surface area (Å²) in [7, 11) is 1.92. The third-order valence-corrected chi connectivity index (χ3v) is 3.15. The molecule has 0 radical (unpaired) electrons. The van der Waals surface area contributed by atoms with E-state index in [0.717, 1.165) is 36.2 Å². The van der Waals surface area contributed by atoms with E-state index in [1.54, 1.807) is 0 Å². The second kappa shape index (κ2) is 3.07. The van der Waals surface area contributed by atoms with Crippen LogP contribution in [0.2, 0.25) is 0 Å². The Morgan fingerprint density at radius 2 is 2.36 bits per heavy atom. The average Bonchev–Trinajstić information content (AvgIpc) is 2.44. The summed E-state index contributed by atoms with van der Waals surface area (Å²) >= 11 is 0. The van der Waals surface area contributed by atoms with Crippen LogP contribution in [0.25, 0.3) is 0 Å². The van der Waals surface area contributed by atoms with E-state index in [2.05, 4.69) is 5.10 Å². The first-order valence-corrected chi connectivity index (χ1v) is 5.04. The van der Waals surface area contributed by atoms with Crippen molar-refractivity contribution in [3.8, 4) is 0 Å². The second-order valence-electron chi connectivity index (χ2n) is 4.12. The number of hydrogen-bond donors (Lipinski definition) is 2. The van der Waals surface area contributed by atoms with Gasteiger partial charge in [-0.25, -0.2) is 0 Å². The number of hydrogen-bond acceptors (Lipinski definition) is 3. The van der Waals surface area contributed by atoms with E-state index >= 15 is 0 Å². The van der Waals surface area contributed by atoms with Crippen LogP contribution in [0.1, 0.15) is 29.8 Å². The third kappa shape index (κ3) is 1.18. The molecule has 0 aliphatic heterocycles. The molecule has 0 amide bonds. The summed E-state index contributed by atoms with van der Waals surface area (Å²) in [5.74, 6) is 0. The number of nitrogens with two attached hydrogens (primary N) is 1. The van der Waals surface area contributed by atoms with E-state index < -0.39 is 5.60 Å². The van der Waals surface area contributed by atoms with Crippen LogP contribution in [0.4, 0.5) is 0 Å². The Morgan fingerprint density at radius 3 is 3.00 bits per heavy atom. The van der Waals surface area contributed by atoms with E-state index in [0.29, 0.717) is 0 Å². The smallest absolute Gasteiger partial charge is 0.105 e. The van der Waals surface area contributed by atoms with Gasteiger partial charge in [-0.3, -0.25) is 4.68 Å². The van der Waals surface area contributed by atoms with Gasteiger partial charge in [0.05, 0.1) is 5.69 Å². The Balaban J connectivity index is 2.59.